The molecular weight excluding hydrogens is 829 g/mol. The highest BCUT2D eigenvalue weighted by Crippen LogP contribution is 2.16. The van der Waals surface area contributed by atoms with Crippen molar-refractivity contribution in [2.24, 2.45) is 0 Å². The quantitative estimate of drug-likeness (QED) is 0.0262. The molecule has 0 radical (unpaired) electrons. The number of carbonyl (C=O) groups excluding carboxylic acids is 3. The number of ether oxygens (including phenoxy) is 3. The molecule has 0 spiro atoms. The van der Waals surface area contributed by atoms with Crippen LogP contribution in [0.3, 0.4) is 0 Å². The van der Waals surface area contributed by atoms with Gasteiger partial charge >= 0.3 is 17.9 Å². The van der Waals surface area contributed by atoms with Gasteiger partial charge in [0, 0.05) is 19.3 Å². The molecule has 0 N–H and O–H groups in total. The van der Waals surface area contributed by atoms with Gasteiger partial charge in [-0.1, -0.05) is 249 Å². The largest absolute Gasteiger partial charge is 0.462 e. The standard InChI is InChI=1S/C61H110O6/c1-4-7-10-13-16-19-22-25-28-29-30-31-34-36-39-42-45-48-51-54-60(63)66-57-58(67-61(64)55-52-49-46-43-40-37-33-27-24-21-18-15-12-9-6-3)56-65-59(62)53-50-47-44-41-38-35-32-26-23-20-17-14-11-8-5-2/h16,19,25,27-28,30-31,33,58H,4-15,17-18,20-24,26,29,32,34-57H2,1-3H3/b19-16-,28-25-,31-30-,33-27-. The number of rotatable bonds is 53. The van der Waals surface area contributed by atoms with Gasteiger partial charge in [0.25, 0.3) is 0 Å². The molecule has 0 aromatic carbocycles. The molecule has 0 rings (SSSR count). The SMILES string of the molecule is CCCCC/C=C\C/C=C\C/C=C\CCCCCCCCC(=O)OCC(COC(=O)CCCCCCCCCCCCCCCCC)OC(=O)CCCCCCC/C=C\CCCCCCCC. The van der Waals surface area contributed by atoms with Crippen molar-refractivity contribution in [3.63, 3.8) is 0 Å². The van der Waals surface area contributed by atoms with Crippen LogP contribution in [0.15, 0.2) is 48.6 Å². The Balaban J connectivity index is 4.38. The van der Waals surface area contributed by atoms with Crippen molar-refractivity contribution in [2.45, 2.75) is 309 Å². The monoisotopic (exact) mass is 939 g/mol. The van der Waals surface area contributed by atoms with Crippen LogP contribution in [0.4, 0.5) is 0 Å². The summed E-state index contributed by atoms with van der Waals surface area (Å²) < 4.78 is 16.9. The maximum absolute atomic E-state index is 12.8. The molecule has 0 fully saturated rings. The molecule has 0 saturated carbocycles. The Hall–Kier alpha value is -2.63. The molecule has 0 aromatic heterocycles. The fourth-order valence-corrected chi connectivity index (χ4v) is 8.39. The minimum Gasteiger partial charge on any atom is -0.462 e. The second kappa shape index (κ2) is 56.0. The van der Waals surface area contributed by atoms with Crippen molar-refractivity contribution in [3.05, 3.63) is 48.6 Å². The zero-order chi connectivity index (χ0) is 48.6. The van der Waals surface area contributed by atoms with E-state index in [0.29, 0.717) is 19.3 Å². The summed E-state index contributed by atoms with van der Waals surface area (Å²) in [5, 5.41) is 0. The lowest BCUT2D eigenvalue weighted by molar-refractivity contribution is -0.167. The van der Waals surface area contributed by atoms with Crippen LogP contribution in [0, 0.1) is 0 Å². The van der Waals surface area contributed by atoms with Gasteiger partial charge in [0.2, 0.25) is 0 Å². The molecule has 6 heteroatoms. The van der Waals surface area contributed by atoms with Crippen molar-refractivity contribution in [2.75, 3.05) is 13.2 Å². The van der Waals surface area contributed by atoms with E-state index in [-0.39, 0.29) is 31.1 Å². The van der Waals surface area contributed by atoms with Gasteiger partial charge in [-0.3, -0.25) is 14.4 Å². The Morgan fingerprint density at radius 3 is 0.881 bits per heavy atom. The van der Waals surface area contributed by atoms with E-state index in [1.54, 1.807) is 0 Å². The van der Waals surface area contributed by atoms with Crippen LogP contribution in [0.25, 0.3) is 0 Å². The van der Waals surface area contributed by atoms with Crippen LogP contribution in [0.1, 0.15) is 303 Å². The van der Waals surface area contributed by atoms with Gasteiger partial charge in [-0.25, -0.2) is 0 Å². The molecular formula is C61H110O6. The first-order chi connectivity index (χ1) is 33.0. The number of unbranched alkanes of at least 4 members (excludes halogenated alkanes) is 34. The predicted octanol–water partition coefficient (Wildman–Crippen LogP) is 19.4. The van der Waals surface area contributed by atoms with Crippen LogP contribution in [0.5, 0.6) is 0 Å². The highest BCUT2D eigenvalue weighted by molar-refractivity contribution is 5.71. The molecule has 0 saturated heterocycles. The maximum Gasteiger partial charge on any atom is 0.306 e. The smallest absolute Gasteiger partial charge is 0.306 e. The highest BCUT2D eigenvalue weighted by atomic mass is 16.6. The fraction of sp³-hybridized carbons (Fsp3) is 0.820. The summed E-state index contributed by atoms with van der Waals surface area (Å²) in [5.41, 5.74) is 0. The molecule has 1 atom stereocenters. The molecule has 6 nitrogen and oxygen atoms in total. The van der Waals surface area contributed by atoms with Crippen molar-refractivity contribution in [1.29, 1.82) is 0 Å². The minimum atomic E-state index is -0.781. The first-order valence-corrected chi connectivity index (χ1v) is 29.1. The zero-order valence-electron chi connectivity index (χ0n) is 44.7. The summed E-state index contributed by atoms with van der Waals surface area (Å²) in [6.07, 6.45) is 68.1. The molecule has 0 heterocycles. The van der Waals surface area contributed by atoms with Gasteiger partial charge in [0.15, 0.2) is 6.10 Å². The van der Waals surface area contributed by atoms with E-state index in [4.69, 9.17) is 14.2 Å². The normalized spacial score (nSPS) is 12.3. The predicted molar refractivity (Wildman–Crippen MR) is 289 cm³/mol. The zero-order valence-corrected chi connectivity index (χ0v) is 44.7. The summed E-state index contributed by atoms with van der Waals surface area (Å²) in [7, 11) is 0. The first-order valence-electron chi connectivity index (χ1n) is 29.1. The second-order valence-electron chi connectivity index (χ2n) is 19.6. The van der Waals surface area contributed by atoms with Crippen molar-refractivity contribution in [3.8, 4) is 0 Å². The number of carbonyl (C=O) groups is 3. The van der Waals surface area contributed by atoms with Gasteiger partial charge in [-0.05, 0) is 83.5 Å². The summed E-state index contributed by atoms with van der Waals surface area (Å²) in [6, 6.07) is 0. The molecule has 0 aliphatic rings. The topological polar surface area (TPSA) is 78.9 Å². The molecule has 0 aliphatic carbocycles. The third kappa shape index (κ3) is 54.2. The molecule has 390 valence electrons. The van der Waals surface area contributed by atoms with E-state index in [0.717, 1.165) is 89.9 Å². The average Bonchev–Trinajstić information content (AvgIpc) is 3.33. The average molecular weight is 940 g/mol. The molecule has 0 bridgehead atoms. The highest BCUT2D eigenvalue weighted by Gasteiger charge is 2.19. The van der Waals surface area contributed by atoms with E-state index in [1.165, 1.54) is 173 Å². The molecule has 0 aliphatic heterocycles. The van der Waals surface area contributed by atoms with E-state index >= 15 is 0 Å². The number of hydrogen-bond acceptors (Lipinski definition) is 6. The lowest BCUT2D eigenvalue weighted by atomic mass is 10.0. The Morgan fingerprint density at radius 2 is 0.537 bits per heavy atom. The number of allylic oxidation sites excluding steroid dienone is 8. The first kappa shape index (κ1) is 64.4. The van der Waals surface area contributed by atoms with Crippen molar-refractivity contribution >= 4 is 17.9 Å². The number of esters is 3. The van der Waals surface area contributed by atoms with Gasteiger partial charge < -0.3 is 14.2 Å². The molecule has 67 heavy (non-hydrogen) atoms. The lowest BCUT2D eigenvalue weighted by Crippen LogP contribution is -2.30. The van der Waals surface area contributed by atoms with Gasteiger partial charge in [0.05, 0.1) is 0 Å². The van der Waals surface area contributed by atoms with Gasteiger partial charge in [-0.15, -0.1) is 0 Å². The Morgan fingerprint density at radius 1 is 0.299 bits per heavy atom. The van der Waals surface area contributed by atoms with Crippen LogP contribution < -0.4 is 0 Å². The van der Waals surface area contributed by atoms with Crippen LogP contribution in [0.2, 0.25) is 0 Å². The van der Waals surface area contributed by atoms with Crippen LogP contribution >= 0.6 is 0 Å². The Labute approximate surface area is 416 Å². The second-order valence-corrected chi connectivity index (χ2v) is 19.6. The van der Waals surface area contributed by atoms with Crippen molar-refractivity contribution in [1.82, 2.24) is 0 Å². The molecule has 0 amide bonds. The van der Waals surface area contributed by atoms with Gasteiger partial charge in [0.1, 0.15) is 13.2 Å². The van der Waals surface area contributed by atoms with E-state index in [1.807, 2.05) is 0 Å². The van der Waals surface area contributed by atoms with Crippen molar-refractivity contribution < 1.29 is 28.6 Å². The lowest BCUT2D eigenvalue weighted by Gasteiger charge is -2.18. The minimum absolute atomic E-state index is 0.0777. The van der Waals surface area contributed by atoms with E-state index in [2.05, 4.69) is 69.4 Å². The summed E-state index contributed by atoms with van der Waals surface area (Å²) in [4.78, 5) is 38.2. The molecule has 0 aromatic rings. The van der Waals surface area contributed by atoms with Crippen LogP contribution in [-0.2, 0) is 28.6 Å². The summed E-state index contributed by atoms with van der Waals surface area (Å²) in [6.45, 7) is 6.62. The van der Waals surface area contributed by atoms with Gasteiger partial charge in [-0.2, -0.15) is 0 Å². The third-order valence-electron chi connectivity index (χ3n) is 12.8. The Kier molecular flexibility index (Phi) is 53.8. The van der Waals surface area contributed by atoms with E-state index in [9.17, 15) is 14.4 Å². The summed E-state index contributed by atoms with van der Waals surface area (Å²) in [5.74, 6) is -0.884. The fourth-order valence-electron chi connectivity index (χ4n) is 8.39. The third-order valence-corrected chi connectivity index (χ3v) is 12.8. The number of hydrogen-bond donors (Lipinski definition) is 0. The Bertz CT molecular complexity index is 1170. The van der Waals surface area contributed by atoms with Crippen LogP contribution in [-0.4, -0.2) is 37.2 Å². The van der Waals surface area contributed by atoms with E-state index < -0.39 is 6.10 Å². The molecule has 1 unspecified atom stereocenters. The maximum atomic E-state index is 12.8. The summed E-state index contributed by atoms with van der Waals surface area (Å²) >= 11 is 0.